The molecule has 0 aromatic rings. The second kappa shape index (κ2) is 4.92. The van der Waals surface area contributed by atoms with Crippen molar-refractivity contribution in [2.45, 2.75) is 84.5 Å². The first kappa shape index (κ1) is 15.6. The molecule has 1 saturated carbocycles. The molecule has 1 aliphatic rings. The van der Waals surface area contributed by atoms with Crippen molar-refractivity contribution in [2.24, 2.45) is 5.41 Å². The third-order valence-electron chi connectivity index (χ3n) is 3.50. The van der Waals surface area contributed by atoms with E-state index in [1.807, 2.05) is 20.8 Å². The van der Waals surface area contributed by atoms with E-state index in [4.69, 9.17) is 0 Å². The Morgan fingerprint density at radius 3 is 1.89 bits per heavy atom. The van der Waals surface area contributed by atoms with Crippen molar-refractivity contribution in [1.82, 2.24) is 5.32 Å². The van der Waals surface area contributed by atoms with Crippen molar-refractivity contribution in [2.75, 3.05) is 0 Å². The molecular weight excluding hydrogens is 229 g/mol. The minimum atomic E-state index is -0.743. The van der Waals surface area contributed by atoms with Crippen molar-refractivity contribution in [3.8, 4) is 0 Å². The molecule has 0 radical (unpaired) electrons. The summed E-state index contributed by atoms with van der Waals surface area (Å²) in [6.07, 6.45) is 1.46. The average molecular weight is 257 g/mol. The summed E-state index contributed by atoms with van der Waals surface area (Å²) in [6, 6.07) is 0. The van der Waals surface area contributed by atoms with Crippen LogP contribution in [0.15, 0.2) is 0 Å². The highest BCUT2D eigenvalue weighted by atomic mass is 19.1. The summed E-state index contributed by atoms with van der Waals surface area (Å²) in [4.78, 5) is 12.7. The summed E-state index contributed by atoms with van der Waals surface area (Å²) in [7, 11) is 0. The largest absolute Gasteiger partial charge is 0.300 e. The fourth-order valence-electron chi connectivity index (χ4n) is 2.92. The molecule has 0 saturated heterocycles. The Bertz CT molecular complexity index is 303. The number of carbonyl (C=O) groups is 1. The summed E-state index contributed by atoms with van der Waals surface area (Å²) in [5.74, 6) is 0.219. The third kappa shape index (κ3) is 3.78. The maximum absolute atomic E-state index is 13.4. The summed E-state index contributed by atoms with van der Waals surface area (Å²) < 4.78 is 13.4. The molecule has 1 aliphatic carbocycles. The normalized spacial score (nSPS) is 30.3. The van der Waals surface area contributed by atoms with Crippen LogP contribution in [-0.4, -0.2) is 23.0 Å². The van der Waals surface area contributed by atoms with Crippen molar-refractivity contribution >= 4 is 5.78 Å². The van der Waals surface area contributed by atoms with Crippen LogP contribution < -0.4 is 5.32 Å². The second-order valence-corrected chi connectivity index (χ2v) is 7.71. The molecule has 18 heavy (non-hydrogen) atoms. The van der Waals surface area contributed by atoms with E-state index in [1.165, 1.54) is 0 Å². The third-order valence-corrected chi connectivity index (χ3v) is 3.50. The average Bonchev–Trinajstić information content (AvgIpc) is 2.17. The molecular formula is C15H28FNO. The van der Waals surface area contributed by atoms with Gasteiger partial charge in [0, 0.05) is 11.0 Å². The minimum Gasteiger partial charge on any atom is -0.300 e. The van der Waals surface area contributed by atoms with Gasteiger partial charge in [0.05, 0.1) is 5.54 Å². The van der Waals surface area contributed by atoms with Gasteiger partial charge in [-0.15, -0.1) is 0 Å². The number of halogens is 1. The molecule has 2 nitrogen and oxygen atoms in total. The number of alkyl halides is 1. The lowest BCUT2D eigenvalue weighted by Crippen LogP contribution is -2.63. The molecule has 106 valence electrons. The standard InChI is InChI=1S/C15H28FNO/c1-13(2,3)12(18)15(17-14(4,5)6)9-7-11(16)8-10-15/h11,17H,7-10H2,1-6H3. The summed E-state index contributed by atoms with van der Waals surface area (Å²) >= 11 is 0. The lowest BCUT2D eigenvalue weighted by molar-refractivity contribution is -0.136. The molecule has 0 amide bonds. The van der Waals surface area contributed by atoms with Gasteiger partial charge >= 0.3 is 0 Å². The molecule has 0 bridgehead atoms. The van der Waals surface area contributed by atoms with Crippen molar-refractivity contribution < 1.29 is 9.18 Å². The molecule has 0 heterocycles. The van der Waals surface area contributed by atoms with E-state index >= 15 is 0 Å². The number of hydrogen-bond acceptors (Lipinski definition) is 2. The summed E-state index contributed by atoms with van der Waals surface area (Å²) in [5, 5.41) is 3.48. The number of carbonyl (C=O) groups excluding carboxylic acids is 1. The molecule has 0 atom stereocenters. The van der Waals surface area contributed by atoms with Crippen LogP contribution in [0.25, 0.3) is 0 Å². The Hall–Kier alpha value is -0.440. The van der Waals surface area contributed by atoms with Gasteiger partial charge in [-0.2, -0.15) is 0 Å². The first-order valence-electron chi connectivity index (χ1n) is 6.95. The monoisotopic (exact) mass is 257 g/mol. The molecule has 3 heteroatoms. The Morgan fingerprint density at radius 2 is 1.56 bits per heavy atom. The van der Waals surface area contributed by atoms with Crippen LogP contribution >= 0.6 is 0 Å². The zero-order valence-corrected chi connectivity index (χ0v) is 12.7. The van der Waals surface area contributed by atoms with Crippen molar-refractivity contribution in [3.63, 3.8) is 0 Å². The van der Waals surface area contributed by atoms with E-state index in [2.05, 4.69) is 26.1 Å². The first-order chi connectivity index (χ1) is 7.96. The number of hydrogen-bond donors (Lipinski definition) is 1. The van der Waals surface area contributed by atoms with Gasteiger partial charge in [0.1, 0.15) is 6.17 Å². The number of rotatable bonds is 2. The van der Waals surface area contributed by atoms with Gasteiger partial charge in [0.2, 0.25) is 0 Å². The van der Waals surface area contributed by atoms with Crippen LogP contribution in [0.1, 0.15) is 67.2 Å². The Labute approximate surface area is 111 Å². The van der Waals surface area contributed by atoms with Crippen LogP contribution in [0.5, 0.6) is 0 Å². The highest BCUT2D eigenvalue weighted by molar-refractivity contribution is 5.93. The molecule has 0 aromatic carbocycles. The predicted molar refractivity (Wildman–Crippen MR) is 73.4 cm³/mol. The zero-order chi connectivity index (χ0) is 14.2. The second-order valence-electron chi connectivity index (χ2n) is 7.71. The van der Waals surface area contributed by atoms with Gasteiger partial charge in [-0.25, -0.2) is 4.39 Å². The van der Waals surface area contributed by atoms with Crippen LogP contribution in [0.2, 0.25) is 0 Å². The van der Waals surface area contributed by atoms with E-state index in [9.17, 15) is 9.18 Å². The maximum Gasteiger partial charge on any atom is 0.158 e. The van der Waals surface area contributed by atoms with E-state index in [0.717, 1.165) is 0 Å². The zero-order valence-electron chi connectivity index (χ0n) is 12.7. The summed E-state index contributed by atoms with van der Waals surface area (Å²) in [5.41, 5.74) is -1.06. The van der Waals surface area contributed by atoms with Crippen molar-refractivity contribution in [3.05, 3.63) is 0 Å². The molecule has 0 aliphatic heterocycles. The smallest absolute Gasteiger partial charge is 0.158 e. The fraction of sp³-hybridized carbons (Fsp3) is 0.933. The fourth-order valence-corrected chi connectivity index (χ4v) is 2.92. The highest BCUT2D eigenvalue weighted by Gasteiger charge is 2.47. The van der Waals surface area contributed by atoms with Crippen molar-refractivity contribution in [1.29, 1.82) is 0 Å². The van der Waals surface area contributed by atoms with Gasteiger partial charge < -0.3 is 5.32 Å². The van der Waals surface area contributed by atoms with Crippen LogP contribution in [0.4, 0.5) is 4.39 Å². The lowest BCUT2D eigenvalue weighted by atomic mass is 9.69. The first-order valence-corrected chi connectivity index (χ1v) is 6.95. The van der Waals surface area contributed by atoms with Gasteiger partial charge in [-0.1, -0.05) is 20.8 Å². The number of ketones is 1. The van der Waals surface area contributed by atoms with Gasteiger partial charge in [-0.05, 0) is 46.5 Å². The van der Waals surface area contributed by atoms with Crippen LogP contribution in [0.3, 0.4) is 0 Å². The van der Waals surface area contributed by atoms with Crippen LogP contribution in [0, 0.1) is 5.41 Å². The van der Waals surface area contributed by atoms with Gasteiger partial charge in [-0.3, -0.25) is 4.79 Å². The highest BCUT2D eigenvalue weighted by Crippen LogP contribution is 2.37. The Balaban J connectivity index is 2.99. The van der Waals surface area contributed by atoms with Gasteiger partial charge in [0.25, 0.3) is 0 Å². The van der Waals surface area contributed by atoms with Gasteiger partial charge in [0.15, 0.2) is 5.78 Å². The maximum atomic E-state index is 13.4. The molecule has 1 N–H and O–H groups in total. The Kier molecular flexibility index (Phi) is 4.26. The molecule has 0 spiro atoms. The van der Waals surface area contributed by atoms with E-state index in [0.29, 0.717) is 25.7 Å². The molecule has 1 rings (SSSR count). The van der Waals surface area contributed by atoms with E-state index in [1.54, 1.807) is 0 Å². The molecule has 0 unspecified atom stereocenters. The SMILES string of the molecule is CC(C)(C)NC1(C(=O)C(C)(C)C)CCC(F)CC1. The molecule has 1 fully saturated rings. The minimum absolute atomic E-state index is 0.135. The topological polar surface area (TPSA) is 29.1 Å². The Morgan fingerprint density at radius 1 is 1.11 bits per heavy atom. The number of Topliss-reactive ketones (excluding diaryl/α,β-unsaturated/α-hetero) is 1. The van der Waals surface area contributed by atoms with E-state index < -0.39 is 11.7 Å². The van der Waals surface area contributed by atoms with E-state index in [-0.39, 0.29) is 16.7 Å². The number of nitrogens with one attached hydrogen (secondary N) is 1. The van der Waals surface area contributed by atoms with Crippen LogP contribution in [-0.2, 0) is 4.79 Å². The lowest BCUT2D eigenvalue weighted by Gasteiger charge is -2.45. The predicted octanol–water partition coefficient (Wildman–Crippen LogP) is 3.64. The summed E-state index contributed by atoms with van der Waals surface area (Å²) in [6.45, 7) is 12.0. The quantitative estimate of drug-likeness (QED) is 0.818. The molecule has 0 aromatic heterocycles.